The summed E-state index contributed by atoms with van der Waals surface area (Å²) in [5.74, 6) is 0.834. The summed E-state index contributed by atoms with van der Waals surface area (Å²) in [6.07, 6.45) is 0. The second-order valence-corrected chi connectivity index (χ2v) is 3.62. The molecule has 2 aliphatic rings. The van der Waals surface area contributed by atoms with Crippen molar-refractivity contribution in [3.05, 3.63) is 0 Å². The van der Waals surface area contributed by atoms with E-state index in [9.17, 15) is 0 Å². The highest BCUT2D eigenvalue weighted by Crippen LogP contribution is 2.18. The van der Waals surface area contributed by atoms with Crippen LogP contribution in [-0.2, 0) is 4.74 Å². The Bertz CT molecular complexity index is 129. The maximum absolute atomic E-state index is 5.39. The fourth-order valence-electron chi connectivity index (χ4n) is 1.89. The number of hydrogen-bond donors (Lipinski definition) is 1. The summed E-state index contributed by atoms with van der Waals surface area (Å²) < 4.78 is 5.39. The van der Waals surface area contributed by atoms with E-state index in [4.69, 9.17) is 4.74 Å². The van der Waals surface area contributed by atoms with Crippen molar-refractivity contribution in [1.82, 2.24) is 10.2 Å². The molecule has 0 aromatic heterocycles. The summed E-state index contributed by atoms with van der Waals surface area (Å²) in [6, 6.07) is 0.625. The van der Waals surface area contributed by atoms with Crippen molar-refractivity contribution in [2.75, 3.05) is 39.9 Å². The lowest BCUT2D eigenvalue weighted by Crippen LogP contribution is -2.57. The van der Waals surface area contributed by atoms with Crippen LogP contribution in [0.4, 0.5) is 0 Å². The standard InChI is InChI=1S/C8H16N2O.C2H6/c1-10-4-7(5-10)8-6-11-3-2-9-8;1-2/h7-9H,2-6H2,1H3;1-2H3. The predicted octanol–water partition coefficient (Wildman–Crippen LogP) is 0.563. The normalized spacial score (nSPS) is 30.2. The van der Waals surface area contributed by atoms with Crippen LogP contribution >= 0.6 is 0 Å². The van der Waals surface area contributed by atoms with Crippen LogP contribution in [0.1, 0.15) is 13.8 Å². The van der Waals surface area contributed by atoms with Gasteiger partial charge in [0.2, 0.25) is 0 Å². The summed E-state index contributed by atoms with van der Waals surface area (Å²) in [5.41, 5.74) is 0. The summed E-state index contributed by atoms with van der Waals surface area (Å²) in [4.78, 5) is 2.35. The van der Waals surface area contributed by atoms with Crippen molar-refractivity contribution >= 4 is 0 Å². The molecule has 78 valence electrons. The Balaban J connectivity index is 0.000000396. The van der Waals surface area contributed by atoms with Gasteiger partial charge >= 0.3 is 0 Å². The number of morpholine rings is 1. The maximum atomic E-state index is 5.39. The molecule has 0 aliphatic carbocycles. The number of nitrogens with zero attached hydrogens (tertiary/aromatic N) is 1. The minimum absolute atomic E-state index is 0.625. The topological polar surface area (TPSA) is 24.5 Å². The van der Waals surface area contributed by atoms with Gasteiger partial charge < -0.3 is 15.0 Å². The van der Waals surface area contributed by atoms with Crippen molar-refractivity contribution < 1.29 is 4.74 Å². The molecule has 3 nitrogen and oxygen atoms in total. The van der Waals surface area contributed by atoms with Crippen molar-refractivity contribution in [3.63, 3.8) is 0 Å². The van der Waals surface area contributed by atoms with Crippen LogP contribution in [0, 0.1) is 5.92 Å². The second-order valence-electron chi connectivity index (χ2n) is 3.62. The molecule has 0 amide bonds. The molecule has 0 radical (unpaired) electrons. The van der Waals surface area contributed by atoms with Gasteiger partial charge in [0.25, 0.3) is 0 Å². The Morgan fingerprint density at radius 3 is 2.46 bits per heavy atom. The largest absolute Gasteiger partial charge is 0.379 e. The number of nitrogens with one attached hydrogen (secondary N) is 1. The first kappa shape index (κ1) is 11.0. The van der Waals surface area contributed by atoms with Crippen molar-refractivity contribution in [2.45, 2.75) is 19.9 Å². The van der Waals surface area contributed by atoms with E-state index in [-0.39, 0.29) is 0 Å². The molecule has 1 atom stereocenters. The molecule has 3 heteroatoms. The Hall–Kier alpha value is -0.120. The number of rotatable bonds is 1. The predicted molar refractivity (Wildman–Crippen MR) is 54.9 cm³/mol. The zero-order valence-electron chi connectivity index (χ0n) is 9.05. The third-order valence-corrected chi connectivity index (χ3v) is 2.61. The molecule has 0 spiro atoms. The molecule has 13 heavy (non-hydrogen) atoms. The zero-order chi connectivity index (χ0) is 9.68. The van der Waals surface area contributed by atoms with Crippen LogP contribution in [0.5, 0.6) is 0 Å². The van der Waals surface area contributed by atoms with E-state index in [2.05, 4.69) is 17.3 Å². The van der Waals surface area contributed by atoms with Crippen LogP contribution < -0.4 is 5.32 Å². The molecular weight excluding hydrogens is 164 g/mol. The minimum Gasteiger partial charge on any atom is -0.379 e. The van der Waals surface area contributed by atoms with Gasteiger partial charge in [0.1, 0.15) is 0 Å². The molecule has 0 saturated carbocycles. The Labute approximate surface area is 81.4 Å². The molecule has 0 aromatic rings. The second kappa shape index (κ2) is 5.58. The summed E-state index contributed by atoms with van der Waals surface area (Å²) in [5, 5.41) is 3.49. The highest BCUT2D eigenvalue weighted by atomic mass is 16.5. The van der Waals surface area contributed by atoms with E-state index >= 15 is 0 Å². The van der Waals surface area contributed by atoms with Crippen LogP contribution in [-0.4, -0.2) is 50.8 Å². The van der Waals surface area contributed by atoms with Crippen LogP contribution in [0.15, 0.2) is 0 Å². The molecule has 2 rings (SSSR count). The van der Waals surface area contributed by atoms with Gasteiger partial charge in [0, 0.05) is 31.6 Å². The fourth-order valence-corrected chi connectivity index (χ4v) is 1.89. The van der Waals surface area contributed by atoms with Crippen LogP contribution in [0.2, 0.25) is 0 Å². The lowest BCUT2D eigenvalue weighted by Gasteiger charge is -2.42. The lowest BCUT2D eigenvalue weighted by atomic mass is 9.92. The van der Waals surface area contributed by atoms with Gasteiger partial charge in [-0.3, -0.25) is 0 Å². The first-order valence-corrected chi connectivity index (χ1v) is 5.36. The van der Waals surface area contributed by atoms with Gasteiger partial charge in [0.15, 0.2) is 0 Å². The van der Waals surface area contributed by atoms with Gasteiger partial charge in [0.05, 0.1) is 13.2 Å². The SMILES string of the molecule is CC.CN1CC(C2COCCN2)C1. The van der Waals surface area contributed by atoms with E-state index in [1.54, 1.807) is 0 Å². The summed E-state index contributed by atoms with van der Waals surface area (Å²) in [6.45, 7) is 9.31. The van der Waals surface area contributed by atoms with Gasteiger partial charge in [-0.15, -0.1) is 0 Å². The van der Waals surface area contributed by atoms with Crippen molar-refractivity contribution in [1.29, 1.82) is 0 Å². The van der Waals surface area contributed by atoms with E-state index in [0.717, 1.165) is 25.7 Å². The van der Waals surface area contributed by atoms with Gasteiger partial charge in [-0.25, -0.2) is 0 Å². The molecule has 2 fully saturated rings. The van der Waals surface area contributed by atoms with E-state index in [1.807, 2.05) is 13.8 Å². The van der Waals surface area contributed by atoms with Gasteiger partial charge in [-0.1, -0.05) is 13.8 Å². The van der Waals surface area contributed by atoms with E-state index in [1.165, 1.54) is 13.1 Å². The zero-order valence-corrected chi connectivity index (χ0v) is 9.05. The lowest BCUT2D eigenvalue weighted by molar-refractivity contribution is 0.0124. The van der Waals surface area contributed by atoms with Crippen molar-refractivity contribution in [2.24, 2.45) is 5.92 Å². The maximum Gasteiger partial charge on any atom is 0.0623 e. The number of likely N-dealkylation sites (tertiary alicyclic amines) is 1. The molecular formula is C10H22N2O. The molecule has 2 heterocycles. The highest BCUT2D eigenvalue weighted by Gasteiger charge is 2.31. The third kappa shape index (κ3) is 2.93. The van der Waals surface area contributed by atoms with Crippen LogP contribution in [0.3, 0.4) is 0 Å². The minimum atomic E-state index is 0.625. The molecule has 1 unspecified atom stereocenters. The van der Waals surface area contributed by atoms with Crippen LogP contribution in [0.25, 0.3) is 0 Å². The monoisotopic (exact) mass is 186 g/mol. The third-order valence-electron chi connectivity index (χ3n) is 2.61. The highest BCUT2D eigenvalue weighted by molar-refractivity contribution is 4.88. The van der Waals surface area contributed by atoms with Gasteiger partial charge in [-0.05, 0) is 7.05 Å². The van der Waals surface area contributed by atoms with E-state index in [0.29, 0.717) is 6.04 Å². The smallest absolute Gasteiger partial charge is 0.0623 e. The molecule has 0 aromatic carbocycles. The average Bonchev–Trinajstić information content (AvgIpc) is 2.18. The van der Waals surface area contributed by atoms with Crippen molar-refractivity contribution in [3.8, 4) is 0 Å². The van der Waals surface area contributed by atoms with E-state index < -0.39 is 0 Å². The summed E-state index contributed by atoms with van der Waals surface area (Å²) in [7, 11) is 2.17. The Morgan fingerprint density at radius 2 is 2.00 bits per heavy atom. The first-order chi connectivity index (χ1) is 6.36. The Morgan fingerprint density at radius 1 is 1.31 bits per heavy atom. The molecule has 2 aliphatic heterocycles. The number of hydrogen-bond acceptors (Lipinski definition) is 3. The fraction of sp³-hybridized carbons (Fsp3) is 1.00. The first-order valence-electron chi connectivity index (χ1n) is 5.36. The van der Waals surface area contributed by atoms with Gasteiger partial charge in [-0.2, -0.15) is 0 Å². The molecule has 2 saturated heterocycles. The summed E-state index contributed by atoms with van der Waals surface area (Å²) >= 11 is 0. The Kier molecular flexibility index (Phi) is 4.70. The molecule has 0 bridgehead atoms. The number of ether oxygens (including phenoxy) is 1. The quantitative estimate of drug-likeness (QED) is 0.648. The average molecular weight is 186 g/mol. The molecule has 1 N–H and O–H groups in total.